The molecule has 0 unspecified atom stereocenters. The zero-order chi connectivity index (χ0) is 16.0. The minimum absolute atomic E-state index is 0.109. The summed E-state index contributed by atoms with van der Waals surface area (Å²) in [4.78, 5) is 0. The van der Waals surface area contributed by atoms with Gasteiger partial charge in [-0.1, -0.05) is 134 Å². The average Bonchev–Trinajstić information content (AvgIpc) is 2.26. The molecule has 0 fully saturated rings. The third-order valence-electron chi connectivity index (χ3n) is 2.18. The molecule has 1 aromatic carbocycles. The van der Waals surface area contributed by atoms with Crippen LogP contribution < -0.4 is 0 Å². The topological polar surface area (TPSA) is 0 Å². The van der Waals surface area contributed by atoms with Gasteiger partial charge in [-0.05, 0) is 6.07 Å². The highest BCUT2D eigenvalue weighted by Gasteiger charge is 2.50. The number of hydrogen-bond donors (Lipinski definition) is 0. The van der Waals surface area contributed by atoms with Gasteiger partial charge < -0.3 is 0 Å². The van der Waals surface area contributed by atoms with Crippen LogP contribution in [-0.2, 0) is 8.67 Å². The quantitative estimate of drug-likeness (QED) is 0.387. The molecule has 0 aliphatic carbocycles. The number of hydrogen-bond acceptors (Lipinski definition) is 0. The SMILES string of the molecule is ClC(Cl)(Cl)C(Cl)(Cl)c1[c]c(C(Cl)(Cl)C(Cl)(Cl)Cl)ccc1. The Morgan fingerprint density at radius 1 is 0.600 bits per heavy atom. The summed E-state index contributed by atoms with van der Waals surface area (Å²) in [6.07, 6.45) is 0. The maximum Gasteiger partial charge on any atom is 0.227 e. The maximum absolute atomic E-state index is 6.03. The number of rotatable bonds is 2. The Bertz CT molecular complexity index is 440. The minimum atomic E-state index is -2.02. The van der Waals surface area contributed by atoms with E-state index in [1.807, 2.05) is 0 Å². The van der Waals surface area contributed by atoms with E-state index in [2.05, 4.69) is 6.07 Å². The van der Waals surface area contributed by atoms with Crippen LogP contribution in [0.15, 0.2) is 18.2 Å². The van der Waals surface area contributed by atoms with Crippen molar-refractivity contribution in [3.63, 3.8) is 0 Å². The Hall–Kier alpha value is 2.12. The summed E-state index contributed by atoms with van der Waals surface area (Å²) in [5, 5.41) is 0. The second kappa shape index (κ2) is 6.55. The standard InChI is InChI=1S/C10H3Cl10/c11-7(12,9(15,16)17)5-2-1-3-6(4-5)8(13,14)10(18,19)20/h1-3H. The molecule has 0 spiro atoms. The van der Waals surface area contributed by atoms with Crippen molar-refractivity contribution in [3.05, 3.63) is 35.4 Å². The Kier molecular flexibility index (Phi) is 6.61. The molecule has 0 bridgehead atoms. The van der Waals surface area contributed by atoms with E-state index in [0.29, 0.717) is 0 Å². The van der Waals surface area contributed by atoms with Crippen LogP contribution >= 0.6 is 116 Å². The van der Waals surface area contributed by atoms with E-state index in [4.69, 9.17) is 116 Å². The number of halogens is 10. The molecule has 1 radical (unpaired) electrons. The molecule has 0 aliphatic rings. The predicted octanol–water partition coefficient (Wildman–Crippen LogP) is 7.49. The molecule has 0 heterocycles. The van der Waals surface area contributed by atoms with Crippen molar-refractivity contribution in [2.45, 2.75) is 16.3 Å². The van der Waals surface area contributed by atoms with E-state index >= 15 is 0 Å². The maximum atomic E-state index is 6.03. The third kappa shape index (κ3) is 4.15. The van der Waals surface area contributed by atoms with Gasteiger partial charge in [0.2, 0.25) is 7.59 Å². The second-order valence-electron chi connectivity index (χ2n) is 3.62. The van der Waals surface area contributed by atoms with E-state index in [1.54, 1.807) is 0 Å². The van der Waals surface area contributed by atoms with Gasteiger partial charge in [0.1, 0.15) is 0 Å². The highest BCUT2D eigenvalue weighted by Crippen LogP contribution is 2.55. The first-order chi connectivity index (χ1) is 8.71. The highest BCUT2D eigenvalue weighted by molar-refractivity contribution is 6.76. The van der Waals surface area contributed by atoms with Crippen LogP contribution in [-0.4, -0.2) is 7.59 Å². The first-order valence-corrected chi connectivity index (χ1v) is 8.41. The Morgan fingerprint density at radius 3 is 1.15 bits per heavy atom. The Morgan fingerprint density at radius 2 is 0.900 bits per heavy atom. The number of alkyl halides is 10. The van der Waals surface area contributed by atoms with E-state index in [1.165, 1.54) is 18.2 Å². The lowest BCUT2D eigenvalue weighted by molar-refractivity contribution is 0.842. The van der Waals surface area contributed by atoms with Gasteiger partial charge in [0, 0.05) is 11.1 Å². The normalized spacial score (nSPS) is 14.5. The molecule has 1 rings (SSSR count). The van der Waals surface area contributed by atoms with Crippen LogP contribution in [0, 0.1) is 6.07 Å². The van der Waals surface area contributed by atoms with E-state index in [0.717, 1.165) is 0 Å². The predicted molar refractivity (Wildman–Crippen MR) is 92.6 cm³/mol. The third-order valence-corrected chi connectivity index (χ3v) is 6.99. The molecule has 0 N–H and O–H groups in total. The fourth-order valence-corrected chi connectivity index (χ4v) is 2.19. The molecule has 0 atom stereocenters. The minimum Gasteiger partial charge on any atom is -0.0914 e. The van der Waals surface area contributed by atoms with Crippen LogP contribution in [0.1, 0.15) is 11.1 Å². The van der Waals surface area contributed by atoms with Crippen LogP contribution in [0.3, 0.4) is 0 Å². The van der Waals surface area contributed by atoms with E-state index in [-0.39, 0.29) is 11.1 Å². The molecule has 20 heavy (non-hydrogen) atoms. The lowest BCUT2D eigenvalue weighted by Crippen LogP contribution is -2.31. The van der Waals surface area contributed by atoms with Crippen molar-refractivity contribution in [1.29, 1.82) is 0 Å². The van der Waals surface area contributed by atoms with E-state index < -0.39 is 16.3 Å². The lowest BCUT2D eigenvalue weighted by Gasteiger charge is -2.31. The van der Waals surface area contributed by atoms with Crippen LogP contribution in [0.25, 0.3) is 0 Å². The van der Waals surface area contributed by atoms with Crippen molar-refractivity contribution in [1.82, 2.24) is 0 Å². The van der Waals surface area contributed by atoms with Gasteiger partial charge in [-0.15, -0.1) is 0 Å². The number of benzene rings is 1. The molecule has 0 nitrogen and oxygen atoms in total. The van der Waals surface area contributed by atoms with Crippen LogP contribution in [0.5, 0.6) is 0 Å². The molecule has 0 saturated carbocycles. The molecule has 1 aromatic rings. The zero-order valence-corrected chi connectivity index (χ0v) is 16.6. The largest absolute Gasteiger partial charge is 0.227 e. The molecular weight excluding hydrogens is 475 g/mol. The van der Waals surface area contributed by atoms with Gasteiger partial charge in [-0.3, -0.25) is 0 Å². The Labute approximate surface area is 166 Å². The fourth-order valence-electron chi connectivity index (χ4n) is 1.14. The second-order valence-corrected chi connectivity index (χ2v) is 10.8. The van der Waals surface area contributed by atoms with Crippen molar-refractivity contribution in [2.24, 2.45) is 0 Å². The summed E-state index contributed by atoms with van der Waals surface area (Å²) in [7, 11) is 0. The smallest absolute Gasteiger partial charge is 0.0914 e. The van der Waals surface area contributed by atoms with Gasteiger partial charge in [0.05, 0.1) is 0 Å². The average molecular weight is 478 g/mol. The lowest BCUT2D eigenvalue weighted by atomic mass is 10.1. The molecule has 113 valence electrons. The zero-order valence-electron chi connectivity index (χ0n) is 9.01. The summed E-state index contributed by atoms with van der Waals surface area (Å²) >= 11 is 58.4. The van der Waals surface area contributed by atoms with Gasteiger partial charge in [0.15, 0.2) is 8.67 Å². The monoisotopic (exact) mass is 473 g/mol. The Balaban J connectivity index is 3.36. The van der Waals surface area contributed by atoms with E-state index in [9.17, 15) is 0 Å². The molecule has 0 saturated heterocycles. The van der Waals surface area contributed by atoms with Crippen LogP contribution in [0.4, 0.5) is 0 Å². The van der Waals surface area contributed by atoms with Gasteiger partial charge in [0.25, 0.3) is 0 Å². The van der Waals surface area contributed by atoms with Crippen molar-refractivity contribution in [2.75, 3.05) is 0 Å². The molecular formula is C10H3Cl10. The van der Waals surface area contributed by atoms with Crippen molar-refractivity contribution < 1.29 is 0 Å². The fraction of sp³-hybridized carbons (Fsp3) is 0.400. The van der Waals surface area contributed by atoms with Gasteiger partial charge in [-0.25, -0.2) is 0 Å². The molecule has 0 aliphatic heterocycles. The molecule has 0 amide bonds. The van der Waals surface area contributed by atoms with Crippen molar-refractivity contribution >= 4 is 116 Å². The highest BCUT2D eigenvalue weighted by atomic mass is 35.6. The van der Waals surface area contributed by atoms with Crippen molar-refractivity contribution in [3.8, 4) is 0 Å². The first kappa shape index (κ1) is 20.2. The summed E-state index contributed by atoms with van der Waals surface area (Å²) in [6.45, 7) is 0. The van der Waals surface area contributed by atoms with Gasteiger partial charge >= 0.3 is 0 Å². The first-order valence-electron chi connectivity index (χ1n) is 4.63. The molecule has 0 aromatic heterocycles. The summed E-state index contributed by atoms with van der Waals surface area (Å²) in [5.74, 6) is 0. The summed E-state index contributed by atoms with van der Waals surface area (Å²) in [5.41, 5.74) is 0.219. The molecule has 10 heteroatoms. The van der Waals surface area contributed by atoms with Crippen LogP contribution in [0.2, 0.25) is 0 Å². The summed E-state index contributed by atoms with van der Waals surface area (Å²) < 4.78 is -7.84. The summed E-state index contributed by atoms with van der Waals surface area (Å²) in [6, 6.07) is 7.14. The van der Waals surface area contributed by atoms with Gasteiger partial charge in [-0.2, -0.15) is 0 Å².